The van der Waals surface area contributed by atoms with E-state index in [4.69, 9.17) is 110 Å². The fraction of sp³-hybridized carbons (Fsp3) is 0.943. The number of nitrogens with two attached hydrogens (primary N) is 1. The summed E-state index contributed by atoms with van der Waals surface area (Å²) in [4.78, 5) is 53.4. The predicted molar refractivity (Wildman–Crippen MR) is 379 cm³/mol. The number of nitrogens with one attached hydrogen (secondary N) is 2. The van der Waals surface area contributed by atoms with E-state index in [1.165, 1.54) is 27.7 Å². The topological polar surface area (TPSA) is 787 Å². The molecule has 27 N–H and O–H groups in total. The van der Waals surface area contributed by atoms with Crippen LogP contribution in [0.15, 0.2) is 0 Å². The van der Waals surface area contributed by atoms with E-state index in [2.05, 4.69) is 10.6 Å². The van der Waals surface area contributed by atoms with Crippen molar-refractivity contribution in [3.63, 3.8) is 0 Å². The monoisotopic (exact) mass is 1780 g/mol. The molecule has 122 heavy (non-hydrogen) atoms. The van der Waals surface area contributed by atoms with Crippen molar-refractivity contribution in [2.45, 2.75) is 362 Å². The molecule has 52 heteroatoms. The first-order valence-corrected chi connectivity index (χ1v) is 39.5. The summed E-state index contributed by atoms with van der Waals surface area (Å²) < 4.78 is 133. The zero-order chi connectivity index (χ0) is 89.8. The maximum Gasteiger partial charge on any atom is 0.303 e. The second-order valence-electron chi connectivity index (χ2n) is 31.3. The lowest BCUT2D eigenvalue weighted by Gasteiger charge is -2.52. The molecule has 0 aromatic heterocycles. The van der Waals surface area contributed by atoms with Crippen LogP contribution in [0.25, 0.3) is 0 Å². The Morgan fingerprint density at radius 1 is 0.270 bits per heavy atom. The van der Waals surface area contributed by atoms with Crippen LogP contribution in [0.4, 0.5) is 0 Å². The first kappa shape index (κ1) is 100. The van der Waals surface area contributed by atoms with Crippen LogP contribution in [0.3, 0.4) is 0 Å². The summed E-state index contributed by atoms with van der Waals surface area (Å²) >= 11 is 0. The van der Waals surface area contributed by atoms with Crippen molar-refractivity contribution >= 4 is 23.8 Å². The highest BCUT2D eigenvalue weighted by atomic mass is 16.8. The van der Waals surface area contributed by atoms with Crippen LogP contribution in [-0.4, -0.2) is 501 Å². The van der Waals surface area contributed by atoms with E-state index in [9.17, 15) is 137 Å². The molecule has 10 aliphatic rings. The minimum Gasteiger partial charge on any atom is -0.454 e. The van der Waals surface area contributed by atoms with Crippen molar-refractivity contribution in [2.75, 3.05) is 52.8 Å². The molecule has 0 aromatic carbocycles. The summed E-state index contributed by atoms with van der Waals surface area (Å²) in [6.45, 7) is 2.11. The van der Waals surface area contributed by atoms with Crippen LogP contribution in [0.5, 0.6) is 0 Å². The van der Waals surface area contributed by atoms with Crippen molar-refractivity contribution in [3.8, 4) is 0 Å². The van der Waals surface area contributed by atoms with Gasteiger partial charge in [0, 0.05) is 34.2 Å². The molecule has 10 heterocycles. The minimum absolute atomic E-state index is 0.104. The summed E-state index contributed by atoms with van der Waals surface area (Å²) in [7, 11) is 0. The van der Waals surface area contributed by atoms with Crippen molar-refractivity contribution in [1.82, 2.24) is 10.6 Å². The maximum absolute atomic E-state index is 13.8. The summed E-state index contributed by atoms with van der Waals surface area (Å²) in [5.74, 6) is -4.15. The Hall–Kier alpha value is -3.88. The zero-order valence-electron chi connectivity index (χ0n) is 67.0. The first-order valence-electron chi connectivity index (χ1n) is 39.5. The van der Waals surface area contributed by atoms with Gasteiger partial charge in [0.2, 0.25) is 11.8 Å². The lowest BCUT2D eigenvalue weighted by Crippen LogP contribution is -2.71. The number of hydrogen-bond donors (Lipinski definition) is 26. The number of esters is 2. The summed E-state index contributed by atoms with van der Waals surface area (Å²) in [6.07, 6.45) is -96.9. The average molecular weight is 1780 g/mol. The van der Waals surface area contributed by atoms with Gasteiger partial charge in [-0.25, -0.2) is 0 Å². The second-order valence-corrected chi connectivity index (χ2v) is 31.3. The predicted octanol–water partition coefficient (Wildman–Crippen LogP) is -17.3. The summed E-state index contributed by atoms with van der Waals surface area (Å²) in [5, 5.41) is 264. The number of aliphatic hydroxyl groups is 23. The fourth-order valence-electron chi connectivity index (χ4n) is 15.7. The third-order valence-corrected chi connectivity index (χ3v) is 22.4. The quantitative estimate of drug-likeness (QED) is 0.0287. The molecule has 10 rings (SSSR count). The van der Waals surface area contributed by atoms with E-state index in [0.29, 0.717) is 0 Å². The van der Waals surface area contributed by atoms with Gasteiger partial charge in [-0.3, -0.25) is 19.2 Å². The number of carbonyl (C=O) groups excluding carboxylic acids is 4. The molecule has 0 aliphatic carbocycles. The van der Waals surface area contributed by atoms with Crippen LogP contribution in [0.1, 0.15) is 55.4 Å². The van der Waals surface area contributed by atoms with Crippen molar-refractivity contribution in [1.29, 1.82) is 0 Å². The van der Waals surface area contributed by atoms with Crippen LogP contribution in [0.2, 0.25) is 0 Å². The molecule has 0 spiro atoms. The van der Waals surface area contributed by atoms with E-state index in [-0.39, 0.29) is 13.2 Å². The zero-order valence-corrected chi connectivity index (χ0v) is 67.0. The van der Waals surface area contributed by atoms with Gasteiger partial charge >= 0.3 is 11.9 Å². The van der Waals surface area contributed by atoms with Crippen molar-refractivity contribution < 1.29 is 241 Å². The van der Waals surface area contributed by atoms with E-state index < -0.39 is 370 Å². The maximum atomic E-state index is 13.8. The third-order valence-electron chi connectivity index (χ3n) is 22.4. The molecular weight excluding hydrogens is 1670 g/mol. The normalized spacial score (nSPS) is 49.7. The van der Waals surface area contributed by atoms with Gasteiger partial charge in [0.15, 0.2) is 75.1 Å². The Bertz CT molecular complexity index is 3280. The van der Waals surface area contributed by atoms with Gasteiger partial charge in [0.25, 0.3) is 0 Å². The largest absolute Gasteiger partial charge is 0.454 e. The van der Waals surface area contributed by atoms with Crippen LogP contribution < -0.4 is 16.4 Å². The molecule has 10 aliphatic heterocycles. The molecule has 0 saturated carbocycles. The Kier molecular flexibility index (Phi) is 35.9. The molecule has 0 aromatic rings. The van der Waals surface area contributed by atoms with Crippen LogP contribution in [0, 0.1) is 0 Å². The van der Waals surface area contributed by atoms with E-state index in [1.54, 1.807) is 0 Å². The number of hydrogen-bond acceptors (Lipinski definition) is 50. The van der Waals surface area contributed by atoms with E-state index >= 15 is 0 Å². The second kappa shape index (κ2) is 43.7. The van der Waals surface area contributed by atoms with E-state index in [0.717, 1.165) is 27.7 Å². The lowest BCUT2D eigenvalue weighted by molar-refractivity contribution is -0.404. The van der Waals surface area contributed by atoms with Gasteiger partial charge in [0.05, 0.1) is 70.7 Å². The van der Waals surface area contributed by atoms with Gasteiger partial charge in [-0.15, -0.1) is 0 Å². The summed E-state index contributed by atoms with van der Waals surface area (Å²) in [5.41, 5.74) is 5.71. The Morgan fingerprint density at radius 3 is 0.959 bits per heavy atom. The Labute approximate surface area is 694 Å². The number of rotatable bonds is 31. The molecule has 50 atom stereocenters. The van der Waals surface area contributed by atoms with Gasteiger partial charge in [-0.2, -0.15) is 0 Å². The van der Waals surface area contributed by atoms with Gasteiger partial charge in [0.1, 0.15) is 207 Å². The first-order chi connectivity index (χ1) is 57.6. The molecule has 2 amide bonds. The minimum atomic E-state index is -2.56. The van der Waals surface area contributed by atoms with E-state index in [1.807, 2.05) is 0 Å². The number of carbonyl (C=O) groups is 4. The van der Waals surface area contributed by atoms with Crippen LogP contribution in [-0.2, 0) is 123 Å². The Morgan fingerprint density at radius 2 is 0.557 bits per heavy atom. The summed E-state index contributed by atoms with van der Waals surface area (Å²) in [6, 6.07) is -3.61. The molecular formula is C70H117N3O49. The number of ether oxygens (including phenoxy) is 22. The van der Waals surface area contributed by atoms with Gasteiger partial charge < -0.3 is 238 Å². The average Bonchev–Trinajstić information content (AvgIpc) is 0.761. The highest BCUT2D eigenvalue weighted by Gasteiger charge is 2.63. The molecule has 10 fully saturated rings. The lowest BCUT2D eigenvalue weighted by atomic mass is 9.93. The molecule has 706 valence electrons. The van der Waals surface area contributed by atoms with Crippen LogP contribution >= 0.6 is 0 Å². The standard InChI is InChI=1S/C70H117N3O49/c1-17-33(82)42(91)48(97)65(104-17)119-55-41(90)29(15-102-63-46(95)44(93)37(86)25(11-74)112-63)114-67(50(55)99)120-56-35(84)19(3)107-70(59(56)108-23(7)80)118-54-32(73-22(6)79)62(111-28(14-77)40(54)89)116-52-30(16-103-64-47(96)45(94)38(87)26(12-75)113-64)115-68(51(100)58(52)122-66-49(98)43(92)34(83)18(2)105-66)121-57-36(85)20(4)106-69(60(57)109-24(8)81)117-53-31(72-21(5)78)61(101-10-9-71)110-27(13-76)39(53)88/h17-20,25-70,74-77,82-100H,9-16,71H2,1-8H3,(H,72,78)(H,73,79)/t17-,18-,19-,20-,25+,26+,27+,28+,29+,30+,31+,32+,33-,34-,35-,36-,37+,38+,39+,40+,41+,42+,43+,44-,45-,46+,47+,48+,49+,50+,51+,52+,53+,54+,55-,56+,57+,58+,59+,60+,61+,62-,63+,64+,65-,66-,67+,68+,69-,70-/m0/s1. The number of aliphatic hydroxyl groups excluding tert-OH is 23. The van der Waals surface area contributed by atoms with Crippen molar-refractivity contribution in [3.05, 3.63) is 0 Å². The van der Waals surface area contributed by atoms with Crippen molar-refractivity contribution in [2.24, 2.45) is 5.73 Å². The van der Waals surface area contributed by atoms with Gasteiger partial charge in [-0.05, 0) is 27.7 Å². The molecule has 0 unspecified atom stereocenters. The highest BCUT2D eigenvalue weighted by molar-refractivity contribution is 5.73. The smallest absolute Gasteiger partial charge is 0.303 e. The third kappa shape index (κ3) is 22.4. The fourth-order valence-corrected chi connectivity index (χ4v) is 15.7. The molecule has 0 radical (unpaired) electrons. The molecule has 52 nitrogen and oxygen atoms in total. The Balaban J connectivity index is 1.02. The number of amides is 2. The van der Waals surface area contributed by atoms with Gasteiger partial charge in [-0.1, -0.05) is 0 Å². The SMILES string of the molecule is CC(=O)N[C@H]1[C@H](O[C@H]2[C@H](O[C@@H]3O[C@@H](C)[C@H](O)[C@@H](O)[C@H]3O)[C@@H](O)[C@@H](O[C@@H]3[C@@H](O)[C@H](C)O[C@@H](O[C@H]4[C@H](O)[C@@H](CO)O[C@@H](OCCN)[C@@H]4NC(C)=O)[C@@H]3OC(C)=O)O[C@@H]2CO[C@@H]2O[C@H](CO)[C@@H](O)[C@H](O)[C@H]2O)O[C@H](CO)[C@@H](O)[C@@H]1O[C@@H]1O[C@@H](C)[C@H](O)[C@@H](O[C@H]2O[C@H](CO[C@@H]3O[C@H](CO)[C@@H](O)[C@H](O)[C@H]3O)[C@@H](O)[C@H](O[C@@H]3O[C@@H](C)[C@H](O)[C@@H](O)[C@H]3O)[C@H]2O)[C@H]1OC(C)=O. The molecule has 0 bridgehead atoms. The molecule has 10 saturated heterocycles. The highest BCUT2D eigenvalue weighted by Crippen LogP contribution is 2.42.